The molecule has 0 aromatic carbocycles. The van der Waals surface area contributed by atoms with Gasteiger partial charge in [-0.2, -0.15) is 0 Å². The van der Waals surface area contributed by atoms with Gasteiger partial charge in [-0.15, -0.1) is 0 Å². The molecule has 6 heavy (non-hydrogen) atoms. The van der Waals surface area contributed by atoms with E-state index in [9.17, 15) is 0 Å². The summed E-state index contributed by atoms with van der Waals surface area (Å²) in [5, 5.41) is 0. The van der Waals surface area contributed by atoms with Crippen LogP contribution in [0.4, 0.5) is 0 Å². The molecule has 0 bridgehead atoms. The molecule has 0 aromatic heterocycles. The van der Waals surface area contributed by atoms with E-state index in [-0.39, 0.29) is 20.3 Å². The predicted octanol–water partition coefficient (Wildman–Crippen LogP) is -1.13. The second-order valence-corrected chi connectivity index (χ2v) is 1.05. The average molecular weight is 76.1 g/mol. The number of allylic oxidation sites excluding steroid dienone is 2. The zero-order valence-electron chi connectivity index (χ0n) is 5.49. The van der Waals surface area contributed by atoms with Crippen LogP contribution in [-0.2, 0) is 0 Å². The molecule has 0 rings (SSSR count). The smallest absolute Gasteiger partial charge is 1.00 e. The summed E-state index contributed by atoms with van der Waals surface area (Å²) in [6.45, 7) is 8.93. The minimum atomic E-state index is 0. The Balaban J connectivity index is -0.0000000800. The minimum Gasteiger partial charge on any atom is -1.00 e. The number of rotatable bonds is 1. The Bertz CT molecular complexity index is 59.1. The van der Waals surface area contributed by atoms with Crippen LogP contribution in [0.25, 0.3) is 0 Å². The van der Waals surface area contributed by atoms with Gasteiger partial charge in [0.25, 0.3) is 0 Å². The maximum atomic E-state index is 3.56. The van der Waals surface area contributed by atoms with E-state index in [1.54, 1.807) is 6.08 Å². The maximum Gasteiger partial charge on any atom is 1.00 e. The molecule has 0 aromatic rings. The van der Waals surface area contributed by atoms with Crippen LogP contribution < -0.4 is 18.9 Å². The molecule has 0 atom stereocenters. The topological polar surface area (TPSA) is 0 Å². The van der Waals surface area contributed by atoms with Gasteiger partial charge in [0, 0.05) is 0 Å². The molecule has 0 aliphatic heterocycles. The second-order valence-electron chi connectivity index (χ2n) is 1.05. The summed E-state index contributed by atoms with van der Waals surface area (Å²) in [6, 6.07) is 0. The van der Waals surface area contributed by atoms with Gasteiger partial charge < -0.3 is 1.43 Å². The molecule has 0 unspecified atom stereocenters. The number of hydrogen-bond acceptors (Lipinski definition) is 0. The fraction of sp³-hybridized carbons (Fsp3) is 0.200. The molecule has 0 nitrogen and oxygen atoms in total. The first-order valence-corrected chi connectivity index (χ1v) is 1.55. The van der Waals surface area contributed by atoms with Gasteiger partial charge in [0.05, 0.1) is 0 Å². The molecule has 0 aliphatic carbocycles. The Kier molecular flexibility index (Phi) is 7.97. The van der Waals surface area contributed by atoms with Gasteiger partial charge in [-0.05, 0) is 6.92 Å². The van der Waals surface area contributed by atoms with Gasteiger partial charge in [-0.3, -0.25) is 0 Å². The van der Waals surface area contributed by atoms with Crippen molar-refractivity contribution in [3.63, 3.8) is 0 Å². The summed E-state index contributed by atoms with van der Waals surface area (Å²) in [5.41, 5.74) is 1.02. The summed E-state index contributed by atoms with van der Waals surface area (Å²) in [6.07, 6.45) is 1.72. The van der Waals surface area contributed by atoms with Gasteiger partial charge in [-0.25, -0.2) is 0 Å². The quantitative estimate of drug-likeness (QED) is 0.274. The standard InChI is InChI=1S/C5H8.Li.H/c1-4-5(2)3;;/h4H,1-2H2,3H3;;/q;+1;-1. The van der Waals surface area contributed by atoms with Gasteiger partial charge in [-0.1, -0.05) is 24.8 Å². The third-order valence-electron chi connectivity index (χ3n) is 0.348. The molecular weight excluding hydrogens is 67.0 g/mol. The Labute approximate surface area is 52.6 Å². The van der Waals surface area contributed by atoms with Gasteiger partial charge in [0.1, 0.15) is 0 Å². The summed E-state index contributed by atoms with van der Waals surface area (Å²) in [4.78, 5) is 0. The number of hydrogen-bond donors (Lipinski definition) is 0. The van der Waals surface area contributed by atoms with Crippen molar-refractivity contribution >= 4 is 0 Å². The van der Waals surface area contributed by atoms with E-state index < -0.39 is 0 Å². The molecule has 0 aliphatic rings. The molecule has 0 spiro atoms. The molecule has 0 amide bonds. The molecule has 0 N–H and O–H groups in total. The van der Waals surface area contributed by atoms with E-state index in [0.717, 1.165) is 5.57 Å². The van der Waals surface area contributed by atoms with Crippen LogP contribution in [0.3, 0.4) is 0 Å². The van der Waals surface area contributed by atoms with Crippen molar-refractivity contribution in [2.45, 2.75) is 6.92 Å². The first-order valence-electron chi connectivity index (χ1n) is 1.55. The van der Waals surface area contributed by atoms with E-state index in [2.05, 4.69) is 13.2 Å². The monoisotopic (exact) mass is 76.1 g/mol. The fourth-order valence-corrected chi connectivity index (χ4v) is 0. The van der Waals surface area contributed by atoms with Crippen LogP contribution in [0, 0.1) is 0 Å². The normalized spacial score (nSPS) is 5.50. The van der Waals surface area contributed by atoms with Crippen LogP contribution in [-0.4, -0.2) is 0 Å². The fourth-order valence-electron chi connectivity index (χ4n) is 0. The van der Waals surface area contributed by atoms with Gasteiger partial charge in [0.2, 0.25) is 0 Å². The maximum absolute atomic E-state index is 3.56. The van der Waals surface area contributed by atoms with Crippen LogP contribution in [0.1, 0.15) is 8.35 Å². The minimum absolute atomic E-state index is 0. The first kappa shape index (κ1) is 9.42. The van der Waals surface area contributed by atoms with Crippen LogP contribution in [0.15, 0.2) is 24.8 Å². The van der Waals surface area contributed by atoms with E-state index in [0.29, 0.717) is 0 Å². The summed E-state index contributed by atoms with van der Waals surface area (Å²) in [5.74, 6) is 0. The molecule has 1 heteroatoms. The molecule has 0 saturated heterocycles. The molecule has 30 valence electrons. The van der Waals surface area contributed by atoms with Crippen molar-refractivity contribution in [1.82, 2.24) is 0 Å². The Hall–Kier alpha value is 0.0774. The third kappa shape index (κ3) is 8.95. The largest absolute Gasteiger partial charge is 1.00 e. The average Bonchev–Trinajstić information content (AvgIpc) is 1.38. The van der Waals surface area contributed by atoms with Crippen LogP contribution >= 0.6 is 0 Å². The Morgan fingerprint density at radius 1 is 1.83 bits per heavy atom. The van der Waals surface area contributed by atoms with Crippen molar-refractivity contribution in [3.05, 3.63) is 24.8 Å². The van der Waals surface area contributed by atoms with Crippen molar-refractivity contribution in [2.75, 3.05) is 0 Å². The van der Waals surface area contributed by atoms with E-state index in [1.165, 1.54) is 0 Å². The zero-order valence-corrected chi connectivity index (χ0v) is 4.49. The van der Waals surface area contributed by atoms with Crippen molar-refractivity contribution in [2.24, 2.45) is 0 Å². The molecule has 0 radical (unpaired) electrons. The summed E-state index contributed by atoms with van der Waals surface area (Å²) >= 11 is 0. The Morgan fingerprint density at radius 3 is 2.00 bits per heavy atom. The van der Waals surface area contributed by atoms with Crippen molar-refractivity contribution < 1.29 is 20.3 Å². The van der Waals surface area contributed by atoms with E-state index >= 15 is 0 Å². The molecular formula is C5H9Li. The third-order valence-corrected chi connectivity index (χ3v) is 0.348. The van der Waals surface area contributed by atoms with E-state index in [1.807, 2.05) is 6.92 Å². The van der Waals surface area contributed by atoms with Crippen LogP contribution in [0.2, 0.25) is 0 Å². The summed E-state index contributed by atoms with van der Waals surface area (Å²) < 4.78 is 0. The van der Waals surface area contributed by atoms with Gasteiger partial charge in [0.15, 0.2) is 0 Å². The first-order chi connectivity index (χ1) is 2.27. The van der Waals surface area contributed by atoms with Gasteiger partial charge >= 0.3 is 18.9 Å². The van der Waals surface area contributed by atoms with E-state index in [4.69, 9.17) is 0 Å². The van der Waals surface area contributed by atoms with Crippen LogP contribution in [0.5, 0.6) is 0 Å². The van der Waals surface area contributed by atoms with Crippen molar-refractivity contribution in [1.29, 1.82) is 0 Å². The predicted molar refractivity (Wildman–Crippen MR) is 26.1 cm³/mol. The molecule has 0 fully saturated rings. The SMILES string of the molecule is C=CC(=C)C.[H-].[Li+]. The van der Waals surface area contributed by atoms with Crippen molar-refractivity contribution in [3.8, 4) is 0 Å². The molecule has 0 saturated carbocycles. The molecule has 0 heterocycles. The second kappa shape index (κ2) is 5.08. The summed E-state index contributed by atoms with van der Waals surface area (Å²) in [7, 11) is 0. The zero-order chi connectivity index (χ0) is 4.28. The Morgan fingerprint density at radius 2 is 2.00 bits per heavy atom.